The molecule has 0 unspecified atom stereocenters. The van der Waals surface area contributed by atoms with Crippen LogP contribution in [0.15, 0.2) is 53.6 Å². The number of halogens is 2. The van der Waals surface area contributed by atoms with Crippen LogP contribution < -0.4 is 15.3 Å². The first-order valence-electron chi connectivity index (χ1n) is 9.27. The minimum Gasteiger partial charge on any atom is -0.744 e. The number of rotatable bonds is 4. The Balaban J connectivity index is 0.000000233. The molecule has 1 aromatic heterocycles. The fourth-order valence-electron chi connectivity index (χ4n) is 3.08. The molecule has 0 saturated carbocycles. The first-order chi connectivity index (χ1) is 14.4. The van der Waals surface area contributed by atoms with Gasteiger partial charge < -0.3 is 9.29 Å². The minimum atomic E-state index is -4.33. The highest BCUT2D eigenvalue weighted by Gasteiger charge is 2.14. The topological polar surface area (TPSA) is 96.3 Å². The molecule has 0 fully saturated rings. The highest BCUT2D eigenvalue weighted by Crippen LogP contribution is 2.21. The zero-order chi connectivity index (χ0) is 23.3. The number of hydrogen-bond donors (Lipinski definition) is 1. The Bertz CT molecular complexity index is 1150. The lowest BCUT2D eigenvalue weighted by Crippen LogP contribution is -2.45. The number of nitrogens with zero attached hydrogens (tertiary/aromatic N) is 1. The molecule has 2 aromatic carbocycles. The van der Waals surface area contributed by atoms with Crippen molar-refractivity contribution in [3.8, 4) is 5.88 Å². The molecule has 1 heterocycles. The lowest BCUT2D eigenvalue weighted by atomic mass is 10.1. The van der Waals surface area contributed by atoms with Gasteiger partial charge in [0.15, 0.2) is 0 Å². The molecule has 2 N–H and O–H groups in total. The highest BCUT2D eigenvalue weighted by atomic mass is 32.2. The van der Waals surface area contributed by atoms with E-state index in [1.54, 1.807) is 44.3 Å². The van der Waals surface area contributed by atoms with Gasteiger partial charge in [-0.25, -0.2) is 23.0 Å². The summed E-state index contributed by atoms with van der Waals surface area (Å²) < 4.78 is 65.8. The van der Waals surface area contributed by atoms with Crippen LogP contribution in [0.1, 0.15) is 27.8 Å². The van der Waals surface area contributed by atoms with Crippen LogP contribution in [-0.2, 0) is 16.7 Å². The summed E-state index contributed by atoms with van der Waals surface area (Å²) >= 11 is 0. The second-order valence-corrected chi connectivity index (χ2v) is 8.44. The van der Waals surface area contributed by atoms with Crippen LogP contribution in [0.4, 0.5) is 8.78 Å². The van der Waals surface area contributed by atoms with Crippen molar-refractivity contribution < 1.29 is 31.2 Å². The second kappa shape index (κ2) is 9.84. The number of benzene rings is 2. The van der Waals surface area contributed by atoms with Crippen molar-refractivity contribution in [2.75, 3.05) is 5.84 Å². The maximum absolute atomic E-state index is 13.4. The van der Waals surface area contributed by atoms with E-state index in [4.69, 9.17) is 10.6 Å². The van der Waals surface area contributed by atoms with E-state index in [0.717, 1.165) is 11.1 Å². The summed E-state index contributed by atoms with van der Waals surface area (Å²) in [5, 5.41) is 0. The van der Waals surface area contributed by atoms with Gasteiger partial charge in [0.05, 0.1) is 16.5 Å². The minimum absolute atomic E-state index is 0.0851. The Kier molecular flexibility index (Phi) is 7.70. The summed E-state index contributed by atoms with van der Waals surface area (Å²) in [5.41, 5.74) is 2.84. The maximum atomic E-state index is 13.4. The van der Waals surface area contributed by atoms with E-state index < -0.39 is 21.8 Å². The number of aryl methyl sites for hydroxylation is 4. The largest absolute Gasteiger partial charge is 0.744 e. The monoisotopic (exact) mass is 450 g/mol. The molecule has 0 radical (unpaired) electrons. The van der Waals surface area contributed by atoms with Crippen molar-refractivity contribution >= 4 is 10.1 Å². The van der Waals surface area contributed by atoms with Crippen LogP contribution >= 0.6 is 0 Å². The van der Waals surface area contributed by atoms with E-state index in [2.05, 4.69) is 0 Å². The predicted octanol–water partition coefficient (Wildman–Crippen LogP) is 3.37. The second-order valence-electron chi connectivity index (χ2n) is 7.12. The maximum Gasteiger partial charge on any atom is 0.397 e. The van der Waals surface area contributed by atoms with E-state index >= 15 is 0 Å². The van der Waals surface area contributed by atoms with Crippen LogP contribution in [0.2, 0.25) is 0 Å². The van der Waals surface area contributed by atoms with Gasteiger partial charge in [0.25, 0.3) is 0 Å². The molecule has 3 aromatic rings. The summed E-state index contributed by atoms with van der Waals surface area (Å²) in [6.07, 6.45) is 1.61. The normalized spacial score (nSPS) is 10.9. The predicted molar refractivity (Wildman–Crippen MR) is 111 cm³/mol. The summed E-state index contributed by atoms with van der Waals surface area (Å²) in [4.78, 5) is -0.0851. The Morgan fingerprint density at radius 3 is 2.03 bits per heavy atom. The van der Waals surface area contributed by atoms with Crippen LogP contribution in [-0.4, -0.2) is 13.0 Å². The summed E-state index contributed by atoms with van der Waals surface area (Å²) in [7, 11) is -4.33. The van der Waals surface area contributed by atoms with E-state index in [1.165, 1.54) is 22.9 Å². The van der Waals surface area contributed by atoms with E-state index in [1.807, 2.05) is 13.8 Å². The van der Waals surface area contributed by atoms with Crippen LogP contribution in [0, 0.1) is 39.3 Å². The van der Waals surface area contributed by atoms with Crippen molar-refractivity contribution in [1.29, 1.82) is 0 Å². The smallest absolute Gasteiger partial charge is 0.397 e. The molecule has 0 aliphatic carbocycles. The number of nitrogen functional groups attached to an aromatic ring is 1. The number of nitrogens with two attached hydrogens (primary N) is 1. The van der Waals surface area contributed by atoms with Gasteiger partial charge in [0.1, 0.15) is 28.4 Å². The van der Waals surface area contributed by atoms with Gasteiger partial charge in [-0.05, 0) is 56.5 Å². The molecule has 0 aliphatic rings. The molecule has 0 saturated heterocycles. The SMILES string of the molecule is Cc1cc(C)c(S(=O)(=O)[O-])c(C)c1.Cc1cc[n+](N)c(OCc2c(F)cccc2F)c1. The van der Waals surface area contributed by atoms with Crippen LogP contribution in [0.5, 0.6) is 5.88 Å². The molecule has 0 amide bonds. The Hall–Kier alpha value is -3.04. The zero-order valence-electron chi connectivity index (χ0n) is 17.6. The Morgan fingerprint density at radius 2 is 1.52 bits per heavy atom. The molecular formula is C22H24F2N2O4S. The van der Waals surface area contributed by atoms with Gasteiger partial charge in [-0.2, -0.15) is 0 Å². The zero-order valence-corrected chi connectivity index (χ0v) is 18.5. The van der Waals surface area contributed by atoms with Gasteiger partial charge in [0, 0.05) is 6.07 Å². The molecule has 0 bridgehead atoms. The third kappa shape index (κ3) is 6.47. The van der Waals surface area contributed by atoms with Crippen molar-refractivity contribution in [1.82, 2.24) is 0 Å². The first kappa shape index (κ1) is 24.2. The quantitative estimate of drug-likeness (QED) is 0.374. The third-order valence-corrected chi connectivity index (χ3v) is 5.53. The number of hydrogen-bond acceptors (Lipinski definition) is 5. The molecule has 166 valence electrons. The Labute approximate surface area is 180 Å². The molecule has 31 heavy (non-hydrogen) atoms. The van der Waals surface area contributed by atoms with E-state index in [9.17, 15) is 21.8 Å². The van der Waals surface area contributed by atoms with Gasteiger partial charge >= 0.3 is 5.88 Å². The first-order valence-corrected chi connectivity index (χ1v) is 10.7. The molecule has 3 rings (SSSR count). The fraction of sp³-hybridized carbons (Fsp3) is 0.227. The Morgan fingerprint density at radius 1 is 0.968 bits per heavy atom. The van der Waals surface area contributed by atoms with Crippen molar-refractivity contribution in [2.45, 2.75) is 39.2 Å². The summed E-state index contributed by atoms with van der Waals surface area (Å²) in [6, 6.07) is 10.6. The standard InChI is InChI=1S/C13H13F2N2O.C9H12O3S/c1-9-5-6-17(16)13(7-9)18-8-10-11(14)3-2-4-12(10)15;1-6-4-7(2)9(8(3)5-6)13(10,11)12/h2-7H,8,16H2,1H3;4-5H,1-3H3,(H,10,11,12)/q+1;/p-1. The summed E-state index contributed by atoms with van der Waals surface area (Å²) in [5.74, 6) is 4.71. The lowest BCUT2D eigenvalue weighted by molar-refractivity contribution is -0.645. The third-order valence-electron chi connectivity index (χ3n) is 4.38. The average molecular weight is 451 g/mol. The van der Waals surface area contributed by atoms with Crippen LogP contribution in [0.3, 0.4) is 0 Å². The van der Waals surface area contributed by atoms with Gasteiger partial charge in [0.2, 0.25) is 6.20 Å². The molecule has 9 heteroatoms. The fourth-order valence-corrected chi connectivity index (χ4v) is 3.99. The molecule has 0 spiro atoms. The van der Waals surface area contributed by atoms with Gasteiger partial charge in [-0.3, -0.25) is 0 Å². The highest BCUT2D eigenvalue weighted by molar-refractivity contribution is 7.85. The number of ether oxygens (including phenoxy) is 1. The number of aromatic nitrogens is 1. The van der Waals surface area contributed by atoms with Crippen molar-refractivity contribution in [3.05, 3.63) is 88.1 Å². The van der Waals surface area contributed by atoms with E-state index in [0.29, 0.717) is 17.0 Å². The molecule has 6 nitrogen and oxygen atoms in total. The number of pyridine rings is 1. The van der Waals surface area contributed by atoms with E-state index in [-0.39, 0.29) is 17.1 Å². The van der Waals surface area contributed by atoms with Crippen LogP contribution in [0.25, 0.3) is 0 Å². The van der Waals surface area contributed by atoms with Crippen molar-refractivity contribution in [3.63, 3.8) is 0 Å². The lowest BCUT2D eigenvalue weighted by Gasteiger charge is -2.14. The summed E-state index contributed by atoms with van der Waals surface area (Å²) in [6.45, 7) is 6.78. The van der Waals surface area contributed by atoms with Gasteiger partial charge in [-0.1, -0.05) is 28.4 Å². The molecular weight excluding hydrogens is 426 g/mol. The molecule has 0 atom stereocenters. The van der Waals surface area contributed by atoms with Crippen molar-refractivity contribution in [2.24, 2.45) is 0 Å². The average Bonchev–Trinajstić information content (AvgIpc) is 2.62. The van der Waals surface area contributed by atoms with Gasteiger partial charge in [-0.15, -0.1) is 0 Å². The molecule has 0 aliphatic heterocycles.